The molecule has 0 bridgehead atoms. The van der Waals surface area contributed by atoms with Gasteiger partial charge in [0.25, 0.3) is 0 Å². The van der Waals surface area contributed by atoms with Crippen LogP contribution < -0.4 is 0 Å². The standard InChI is InChI=1S/C13H18ClN3/c1-4-10(3)17-12(7-8-14)16-11-6-5-9(2)15-13(11)17/h5-6,10H,4,7-8H2,1-3H3. The van der Waals surface area contributed by atoms with Gasteiger partial charge in [-0.3, -0.25) is 0 Å². The molecule has 17 heavy (non-hydrogen) atoms. The molecule has 0 saturated heterocycles. The number of halogens is 1. The zero-order chi connectivity index (χ0) is 12.4. The van der Waals surface area contributed by atoms with E-state index in [0.717, 1.165) is 35.5 Å². The quantitative estimate of drug-likeness (QED) is 0.779. The molecular formula is C13H18ClN3. The van der Waals surface area contributed by atoms with Gasteiger partial charge in [-0.15, -0.1) is 11.6 Å². The molecule has 0 aliphatic heterocycles. The second-order valence-electron chi connectivity index (χ2n) is 4.39. The fraction of sp³-hybridized carbons (Fsp3) is 0.538. The first-order chi connectivity index (χ1) is 8.17. The van der Waals surface area contributed by atoms with E-state index in [2.05, 4.69) is 28.4 Å². The van der Waals surface area contributed by atoms with Crippen molar-refractivity contribution in [2.75, 3.05) is 5.88 Å². The van der Waals surface area contributed by atoms with Crippen molar-refractivity contribution in [3.63, 3.8) is 0 Å². The summed E-state index contributed by atoms with van der Waals surface area (Å²) in [4.78, 5) is 9.23. The maximum atomic E-state index is 5.84. The lowest BCUT2D eigenvalue weighted by atomic mass is 10.2. The Morgan fingerprint density at radius 2 is 2.12 bits per heavy atom. The van der Waals surface area contributed by atoms with E-state index in [1.54, 1.807) is 0 Å². The van der Waals surface area contributed by atoms with E-state index in [1.165, 1.54) is 0 Å². The van der Waals surface area contributed by atoms with E-state index in [9.17, 15) is 0 Å². The lowest BCUT2D eigenvalue weighted by Gasteiger charge is -2.14. The van der Waals surface area contributed by atoms with Gasteiger partial charge in [0.1, 0.15) is 11.3 Å². The topological polar surface area (TPSA) is 30.7 Å². The van der Waals surface area contributed by atoms with Crippen molar-refractivity contribution in [3.8, 4) is 0 Å². The van der Waals surface area contributed by atoms with Gasteiger partial charge in [0.15, 0.2) is 5.65 Å². The van der Waals surface area contributed by atoms with Crippen LogP contribution >= 0.6 is 11.6 Å². The molecule has 1 atom stereocenters. The normalized spacial score (nSPS) is 13.2. The van der Waals surface area contributed by atoms with Gasteiger partial charge < -0.3 is 4.57 Å². The molecule has 0 amide bonds. The van der Waals surface area contributed by atoms with Gasteiger partial charge in [-0.05, 0) is 32.4 Å². The summed E-state index contributed by atoms with van der Waals surface area (Å²) in [6.07, 6.45) is 1.86. The van der Waals surface area contributed by atoms with Crippen molar-refractivity contribution >= 4 is 22.8 Å². The highest BCUT2D eigenvalue weighted by Gasteiger charge is 2.15. The molecule has 0 aliphatic carbocycles. The predicted octanol–water partition coefficient (Wildman–Crippen LogP) is 3.49. The van der Waals surface area contributed by atoms with E-state index in [1.807, 2.05) is 19.1 Å². The Kier molecular flexibility index (Phi) is 3.67. The third-order valence-corrected chi connectivity index (χ3v) is 3.29. The van der Waals surface area contributed by atoms with Crippen LogP contribution in [0.4, 0.5) is 0 Å². The Morgan fingerprint density at radius 3 is 2.76 bits per heavy atom. The molecule has 0 spiro atoms. The number of imidazole rings is 1. The molecule has 92 valence electrons. The van der Waals surface area contributed by atoms with Gasteiger partial charge in [0, 0.05) is 24.0 Å². The van der Waals surface area contributed by atoms with Crippen molar-refractivity contribution in [2.24, 2.45) is 0 Å². The number of fused-ring (bicyclic) bond motifs is 1. The average Bonchev–Trinajstić information content (AvgIpc) is 2.66. The van der Waals surface area contributed by atoms with Crippen LogP contribution in [0.2, 0.25) is 0 Å². The summed E-state index contributed by atoms with van der Waals surface area (Å²) < 4.78 is 2.23. The van der Waals surface area contributed by atoms with Crippen molar-refractivity contribution in [1.29, 1.82) is 0 Å². The number of hydrogen-bond donors (Lipinski definition) is 0. The molecule has 0 saturated carbocycles. The summed E-state index contributed by atoms with van der Waals surface area (Å²) in [6, 6.07) is 4.45. The number of pyridine rings is 1. The molecule has 4 heteroatoms. The van der Waals surface area contributed by atoms with Gasteiger partial charge in [-0.1, -0.05) is 6.92 Å². The van der Waals surface area contributed by atoms with E-state index in [0.29, 0.717) is 11.9 Å². The Labute approximate surface area is 107 Å². The third-order valence-electron chi connectivity index (χ3n) is 3.10. The molecule has 2 rings (SSSR count). The van der Waals surface area contributed by atoms with Crippen LogP contribution in [0.5, 0.6) is 0 Å². The minimum absolute atomic E-state index is 0.410. The molecule has 0 aliphatic rings. The molecule has 0 fully saturated rings. The summed E-state index contributed by atoms with van der Waals surface area (Å²) >= 11 is 5.84. The van der Waals surface area contributed by atoms with E-state index in [-0.39, 0.29) is 0 Å². The second kappa shape index (κ2) is 5.05. The van der Waals surface area contributed by atoms with Gasteiger partial charge in [0.05, 0.1) is 0 Å². The molecule has 2 aromatic rings. The van der Waals surface area contributed by atoms with E-state index < -0.39 is 0 Å². The minimum Gasteiger partial charge on any atom is -0.310 e. The molecule has 3 nitrogen and oxygen atoms in total. The van der Waals surface area contributed by atoms with E-state index >= 15 is 0 Å². The highest BCUT2D eigenvalue weighted by Crippen LogP contribution is 2.22. The highest BCUT2D eigenvalue weighted by atomic mass is 35.5. The highest BCUT2D eigenvalue weighted by molar-refractivity contribution is 6.17. The monoisotopic (exact) mass is 251 g/mol. The molecular weight excluding hydrogens is 234 g/mol. The molecule has 2 aromatic heterocycles. The lowest BCUT2D eigenvalue weighted by Crippen LogP contribution is -2.10. The number of hydrogen-bond acceptors (Lipinski definition) is 2. The van der Waals surface area contributed by atoms with Crippen LogP contribution in [-0.2, 0) is 6.42 Å². The molecule has 2 heterocycles. The first-order valence-corrected chi connectivity index (χ1v) is 6.61. The van der Waals surface area contributed by atoms with Crippen LogP contribution in [0.15, 0.2) is 12.1 Å². The van der Waals surface area contributed by atoms with Gasteiger partial charge in [-0.2, -0.15) is 0 Å². The molecule has 0 aromatic carbocycles. The van der Waals surface area contributed by atoms with Gasteiger partial charge in [-0.25, -0.2) is 9.97 Å². The minimum atomic E-state index is 0.410. The van der Waals surface area contributed by atoms with Crippen LogP contribution in [0.25, 0.3) is 11.2 Å². The third kappa shape index (κ3) is 2.29. The summed E-state index contributed by atoms with van der Waals surface area (Å²) in [5.74, 6) is 1.64. The zero-order valence-electron chi connectivity index (χ0n) is 10.6. The number of rotatable bonds is 4. The largest absolute Gasteiger partial charge is 0.310 e. The van der Waals surface area contributed by atoms with Gasteiger partial charge >= 0.3 is 0 Å². The van der Waals surface area contributed by atoms with Crippen molar-refractivity contribution in [1.82, 2.24) is 14.5 Å². The van der Waals surface area contributed by atoms with Crippen molar-refractivity contribution in [3.05, 3.63) is 23.7 Å². The summed E-state index contributed by atoms with van der Waals surface area (Å²) in [5, 5.41) is 0. The summed E-state index contributed by atoms with van der Waals surface area (Å²) in [7, 11) is 0. The molecule has 0 N–H and O–H groups in total. The maximum Gasteiger partial charge on any atom is 0.160 e. The van der Waals surface area contributed by atoms with E-state index in [4.69, 9.17) is 11.6 Å². The Morgan fingerprint density at radius 1 is 1.35 bits per heavy atom. The Balaban J connectivity index is 2.64. The number of alkyl halides is 1. The number of aryl methyl sites for hydroxylation is 2. The first-order valence-electron chi connectivity index (χ1n) is 6.07. The smallest absolute Gasteiger partial charge is 0.160 e. The van der Waals surface area contributed by atoms with Gasteiger partial charge in [0.2, 0.25) is 0 Å². The first kappa shape index (κ1) is 12.4. The number of aromatic nitrogens is 3. The molecule has 0 radical (unpaired) electrons. The fourth-order valence-electron chi connectivity index (χ4n) is 2.02. The van der Waals surface area contributed by atoms with Crippen molar-refractivity contribution in [2.45, 2.75) is 39.7 Å². The van der Waals surface area contributed by atoms with Crippen LogP contribution in [0.3, 0.4) is 0 Å². The van der Waals surface area contributed by atoms with Crippen LogP contribution in [0.1, 0.15) is 37.8 Å². The van der Waals surface area contributed by atoms with Crippen LogP contribution in [-0.4, -0.2) is 20.4 Å². The average molecular weight is 252 g/mol. The number of nitrogens with zero attached hydrogens (tertiary/aromatic N) is 3. The maximum absolute atomic E-state index is 5.84. The Bertz CT molecular complexity index is 519. The van der Waals surface area contributed by atoms with Crippen molar-refractivity contribution < 1.29 is 0 Å². The second-order valence-corrected chi connectivity index (χ2v) is 4.77. The fourth-order valence-corrected chi connectivity index (χ4v) is 2.19. The predicted molar refractivity (Wildman–Crippen MR) is 71.7 cm³/mol. The lowest BCUT2D eigenvalue weighted by molar-refractivity contribution is 0.521. The zero-order valence-corrected chi connectivity index (χ0v) is 11.3. The SMILES string of the molecule is CCC(C)n1c(CCCl)nc2ccc(C)nc21. The summed E-state index contributed by atoms with van der Waals surface area (Å²) in [6.45, 7) is 6.38. The van der Waals surface area contributed by atoms with Crippen LogP contribution in [0, 0.1) is 6.92 Å². The summed E-state index contributed by atoms with van der Waals surface area (Å²) in [5.41, 5.74) is 2.98. The Hall–Kier alpha value is -1.09. The molecule has 1 unspecified atom stereocenters.